The number of carbonyl (C=O) groups is 2. The van der Waals surface area contributed by atoms with E-state index in [0.29, 0.717) is 13.2 Å². The van der Waals surface area contributed by atoms with Gasteiger partial charge in [0, 0.05) is 19.6 Å². The summed E-state index contributed by atoms with van der Waals surface area (Å²) < 4.78 is 19.3. The number of halogens is 1. The topological polar surface area (TPSA) is 70.7 Å². The van der Waals surface area contributed by atoms with Gasteiger partial charge in [-0.05, 0) is 28.5 Å². The predicted molar refractivity (Wildman–Crippen MR) is 117 cm³/mol. The molecule has 4 rings (SSSR count). The highest BCUT2D eigenvalue weighted by Crippen LogP contribution is 2.28. The van der Waals surface area contributed by atoms with Crippen LogP contribution in [0.3, 0.4) is 0 Å². The number of para-hydroxylation sites is 1. The molecule has 0 bridgehead atoms. The molecule has 0 unspecified atom stereocenters. The van der Waals surface area contributed by atoms with Gasteiger partial charge in [0.05, 0.1) is 24.9 Å². The Labute approximate surface area is 180 Å². The van der Waals surface area contributed by atoms with Gasteiger partial charge in [0.2, 0.25) is 0 Å². The molecule has 3 aromatic rings. The van der Waals surface area contributed by atoms with Gasteiger partial charge in [-0.1, -0.05) is 54.6 Å². The number of hydrogen-bond acceptors (Lipinski definition) is 4. The Morgan fingerprint density at radius 2 is 1.65 bits per heavy atom. The van der Waals surface area contributed by atoms with Crippen LogP contribution < -0.4 is 10.6 Å². The Morgan fingerprint density at radius 1 is 0.935 bits per heavy atom. The summed E-state index contributed by atoms with van der Waals surface area (Å²) in [5, 5.41) is 7.27. The van der Waals surface area contributed by atoms with Crippen LogP contribution in [0.1, 0.15) is 11.6 Å². The van der Waals surface area contributed by atoms with Crippen molar-refractivity contribution in [1.29, 1.82) is 0 Å². The number of nitrogens with zero attached hydrogens (tertiary/aromatic N) is 1. The molecule has 0 saturated carbocycles. The number of morpholine rings is 1. The summed E-state index contributed by atoms with van der Waals surface area (Å²) in [5.41, 5.74) is 1.05. The quantitative estimate of drug-likeness (QED) is 0.621. The SMILES string of the molecule is O=C(NC[C@@H](c1cccc2ccccc12)N1CCOCC1)C(=O)Nc1ccccc1F. The molecule has 160 valence electrons. The Bertz CT molecular complexity index is 1080. The summed E-state index contributed by atoms with van der Waals surface area (Å²) in [4.78, 5) is 27.0. The highest BCUT2D eigenvalue weighted by Gasteiger charge is 2.26. The minimum atomic E-state index is -0.899. The van der Waals surface area contributed by atoms with E-state index in [1.165, 1.54) is 18.2 Å². The van der Waals surface area contributed by atoms with E-state index < -0.39 is 17.6 Å². The molecule has 1 atom stereocenters. The smallest absolute Gasteiger partial charge is 0.313 e. The number of nitrogens with one attached hydrogen (secondary N) is 2. The Hall–Kier alpha value is -3.29. The van der Waals surface area contributed by atoms with Gasteiger partial charge in [0.25, 0.3) is 0 Å². The van der Waals surface area contributed by atoms with E-state index in [1.807, 2.05) is 24.3 Å². The number of benzene rings is 3. The summed E-state index contributed by atoms with van der Waals surface area (Å²) in [6, 6.07) is 19.8. The van der Waals surface area contributed by atoms with Crippen LogP contribution >= 0.6 is 0 Å². The monoisotopic (exact) mass is 421 g/mol. The van der Waals surface area contributed by atoms with Crippen molar-refractivity contribution in [1.82, 2.24) is 10.2 Å². The first kappa shape index (κ1) is 21.0. The van der Waals surface area contributed by atoms with Gasteiger partial charge in [-0.3, -0.25) is 14.5 Å². The van der Waals surface area contributed by atoms with E-state index in [-0.39, 0.29) is 18.3 Å². The normalized spacial score (nSPS) is 15.4. The molecule has 6 nitrogen and oxygen atoms in total. The number of anilines is 1. The zero-order chi connectivity index (χ0) is 21.6. The fraction of sp³-hybridized carbons (Fsp3) is 0.250. The van der Waals surface area contributed by atoms with Crippen LogP contribution in [0.15, 0.2) is 66.7 Å². The maximum atomic E-state index is 13.8. The summed E-state index contributed by atoms with van der Waals surface area (Å²) in [5.74, 6) is -2.30. The summed E-state index contributed by atoms with van der Waals surface area (Å²) >= 11 is 0. The number of rotatable bonds is 5. The highest BCUT2D eigenvalue weighted by molar-refractivity contribution is 6.39. The van der Waals surface area contributed by atoms with Gasteiger partial charge in [0.15, 0.2) is 0 Å². The van der Waals surface area contributed by atoms with Gasteiger partial charge in [-0.2, -0.15) is 0 Å². The fourth-order valence-corrected chi connectivity index (χ4v) is 3.88. The lowest BCUT2D eigenvalue weighted by Crippen LogP contribution is -2.45. The Morgan fingerprint density at radius 3 is 2.45 bits per heavy atom. The molecule has 0 spiro atoms. The molecule has 2 amide bonds. The second-order valence-electron chi connectivity index (χ2n) is 7.38. The van der Waals surface area contributed by atoms with Crippen molar-refractivity contribution in [3.8, 4) is 0 Å². The van der Waals surface area contributed by atoms with E-state index in [9.17, 15) is 14.0 Å². The van der Waals surface area contributed by atoms with Crippen molar-refractivity contribution < 1.29 is 18.7 Å². The second-order valence-corrected chi connectivity index (χ2v) is 7.38. The first-order valence-corrected chi connectivity index (χ1v) is 10.3. The minimum Gasteiger partial charge on any atom is -0.379 e. The molecule has 2 N–H and O–H groups in total. The standard InChI is InChI=1S/C24H24FN3O3/c25-20-10-3-4-11-21(20)27-24(30)23(29)26-16-22(28-12-14-31-15-13-28)19-9-5-7-17-6-1-2-8-18(17)19/h1-11,22H,12-16H2,(H,26,29)(H,27,30)/t22-/m0/s1. The van der Waals surface area contributed by atoms with Gasteiger partial charge in [0.1, 0.15) is 5.82 Å². The molecular formula is C24H24FN3O3. The highest BCUT2D eigenvalue weighted by atomic mass is 19.1. The minimum absolute atomic E-state index is 0.0265. The maximum Gasteiger partial charge on any atom is 0.313 e. The molecular weight excluding hydrogens is 397 g/mol. The van der Waals surface area contributed by atoms with Crippen molar-refractivity contribution in [3.63, 3.8) is 0 Å². The Balaban J connectivity index is 1.52. The molecule has 1 aliphatic rings. The molecule has 1 saturated heterocycles. The van der Waals surface area contributed by atoms with Gasteiger partial charge in [-0.15, -0.1) is 0 Å². The van der Waals surface area contributed by atoms with Crippen LogP contribution in [0, 0.1) is 5.82 Å². The molecule has 7 heteroatoms. The third kappa shape index (κ3) is 4.90. The lowest BCUT2D eigenvalue weighted by Gasteiger charge is -2.35. The molecule has 0 aliphatic carbocycles. The van der Waals surface area contributed by atoms with Crippen molar-refractivity contribution >= 4 is 28.3 Å². The molecule has 31 heavy (non-hydrogen) atoms. The number of ether oxygens (including phenoxy) is 1. The van der Waals surface area contributed by atoms with Crippen molar-refractivity contribution in [3.05, 3.63) is 78.1 Å². The van der Waals surface area contributed by atoms with Crippen LogP contribution in [0.4, 0.5) is 10.1 Å². The zero-order valence-electron chi connectivity index (χ0n) is 17.0. The first-order valence-electron chi connectivity index (χ1n) is 10.3. The van der Waals surface area contributed by atoms with Crippen molar-refractivity contribution in [2.45, 2.75) is 6.04 Å². The van der Waals surface area contributed by atoms with Crippen LogP contribution in [0.5, 0.6) is 0 Å². The molecule has 3 aromatic carbocycles. The van der Waals surface area contributed by atoms with Gasteiger partial charge < -0.3 is 15.4 Å². The molecule has 1 fully saturated rings. The summed E-state index contributed by atoms with van der Waals surface area (Å²) in [6.45, 7) is 2.93. The lowest BCUT2D eigenvalue weighted by atomic mass is 9.97. The molecule has 0 radical (unpaired) electrons. The maximum absolute atomic E-state index is 13.8. The third-order valence-electron chi connectivity index (χ3n) is 5.45. The third-order valence-corrected chi connectivity index (χ3v) is 5.45. The van der Waals surface area contributed by atoms with Crippen molar-refractivity contribution in [2.24, 2.45) is 0 Å². The van der Waals surface area contributed by atoms with E-state index >= 15 is 0 Å². The average Bonchev–Trinajstić information content (AvgIpc) is 2.81. The average molecular weight is 421 g/mol. The summed E-state index contributed by atoms with van der Waals surface area (Å²) in [7, 11) is 0. The fourth-order valence-electron chi connectivity index (χ4n) is 3.88. The van der Waals surface area contributed by atoms with Crippen LogP contribution in [-0.2, 0) is 14.3 Å². The van der Waals surface area contributed by atoms with E-state index in [2.05, 4.69) is 33.7 Å². The van der Waals surface area contributed by atoms with Crippen molar-refractivity contribution in [2.75, 3.05) is 38.2 Å². The van der Waals surface area contributed by atoms with Gasteiger partial charge >= 0.3 is 11.8 Å². The number of carbonyl (C=O) groups excluding carboxylic acids is 2. The lowest BCUT2D eigenvalue weighted by molar-refractivity contribution is -0.136. The van der Waals surface area contributed by atoms with Gasteiger partial charge in [-0.25, -0.2) is 4.39 Å². The van der Waals surface area contributed by atoms with Crippen LogP contribution in [-0.4, -0.2) is 49.6 Å². The van der Waals surface area contributed by atoms with E-state index in [4.69, 9.17) is 4.74 Å². The molecule has 1 heterocycles. The summed E-state index contributed by atoms with van der Waals surface area (Å²) in [6.07, 6.45) is 0. The predicted octanol–water partition coefficient (Wildman–Crippen LogP) is 3.11. The Kier molecular flexibility index (Phi) is 6.54. The second kappa shape index (κ2) is 9.68. The number of fused-ring (bicyclic) bond motifs is 1. The largest absolute Gasteiger partial charge is 0.379 e. The molecule has 1 aliphatic heterocycles. The zero-order valence-corrected chi connectivity index (χ0v) is 17.0. The van der Waals surface area contributed by atoms with Crippen LogP contribution in [0.25, 0.3) is 10.8 Å². The van der Waals surface area contributed by atoms with E-state index in [1.54, 1.807) is 6.07 Å². The number of amides is 2. The first-order chi connectivity index (χ1) is 15.1. The molecule has 0 aromatic heterocycles. The van der Waals surface area contributed by atoms with E-state index in [0.717, 1.165) is 29.4 Å². The number of hydrogen-bond donors (Lipinski definition) is 2. The van der Waals surface area contributed by atoms with Crippen LogP contribution in [0.2, 0.25) is 0 Å².